The fourth-order valence-corrected chi connectivity index (χ4v) is 2.24. The van der Waals surface area contributed by atoms with Crippen molar-refractivity contribution in [3.05, 3.63) is 53.0 Å². The van der Waals surface area contributed by atoms with Gasteiger partial charge in [-0.3, -0.25) is 14.2 Å². The molecule has 0 saturated carbocycles. The third-order valence-corrected chi connectivity index (χ3v) is 3.37. The average Bonchev–Trinajstić information content (AvgIpc) is 3.04. The minimum Gasteiger partial charge on any atom is -0.650 e. The maximum atomic E-state index is 12.7. The summed E-state index contributed by atoms with van der Waals surface area (Å²) in [6.07, 6.45) is 3.37. The van der Waals surface area contributed by atoms with Crippen LogP contribution in [0.3, 0.4) is 0 Å². The van der Waals surface area contributed by atoms with Crippen LogP contribution in [0, 0.1) is 25.7 Å². The number of carbonyl (C=O) groups is 1. The van der Waals surface area contributed by atoms with Gasteiger partial charge in [-0.25, -0.2) is 0 Å². The monoisotopic (exact) mass is 508 g/mol. The molecule has 1 aromatic heterocycles. The van der Waals surface area contributed by atoms with Gasteiger partial charge >= 0.3 is 0 Å². The number of aryl methyl sites for hydroxylation is 2. The van der Waals surface area contributed by atoms with Crippen molar-refractivity contribution in [1.29, 1.82) is 0 Å². The maximum absolute atomic E-state index is 12.7. The molecule has 5 nitrogen and oxygen atoms in total. The van der Waals surface area contributed by atoms with Crippen LogP contribution < -0.4 is 0 Å². The number of halogens is 1. The minimum absolute atomic E-state index is 0. The Kier molecular flexibility index (Phi) is 8.11. The van der Waals surface area contributed by atoms with Crippen LogP contribution in [-0.4, -0.2) is 33.6 Å². The zero-order chi connectivity index (χ0) is 16.8. The Bertz CT molecular complexity index is 674. The van der Waals surface area contributed by atoms with Crippen LogP contribution >= 0.6 is 0 Å². The van der Waals surface area contributed by atoms with E-state index in [2.05, 4.69) is 21.4 Å². The molecule has 0 amide bonds. The fourth-order valence-electron chi connectivity index (χ4n) is 2.24. The number of benzene rings is 1. The number of carboxylic acid groups (broad SMARTS) is 1. The summed E-state index contributed by atoms with van der Waals surface area (Å²) in [6, 6.07) is 6.79. The van der Waals surface area contributed by atoms with E-state index >= 15 is 0 Å². The van der Waals surface area contributed by atoms with Crippen LogP contribution in [0.15, 0.2) is 24.4 Å². The summed E-state index contributed by atoms with van der Waals surface area (Å²) in [4.78, 5) is 18.7. The van der Waals surface area contributed by atoms with Crippen molar-refractivity contribution < 1.29 is 34.4 Å². The number of carboxylic acids is 1. The van der Waals surface area contributed by atoms with Crippen molar-refractivity contribution in [3.63, 3.8) is 0 Å². The minimum atomic E-state index is -0.775. The van der Waals surface area contributed by atoms with Gasteiger partial charge in [0.2, 0.25) is 0 Å². The van der Waals surface area contributed by atoms with Gasteiger partial charge in [-0.1, -0.05) is 12.8 Å². The van der Waals surface area contributed by atoms with E-state index in [1.807, 2.05) is 13.8 Å². The van der Waals surface area contributed by atoms with Crippen LogP contribution in [0.5, 0.6) is 0 Å². The third kappa shape index (κ3) is 5.74. The molecule has 1 fully saturated rings. The Balaban J connectivity index is 0.000000273. The van der Waals surface area contributed by atoms with Gasteiger partial charge in [0.1, 0.15) is 0 Å². The second-order valence-corrected chi connectivity index (χ2v) is 5.27. The molecule has 24 heavy (non-hydrogen) atoms. The zero-order valence-electron chi connectivity index (χ0n) is 13.4. The normalized spacial score (nSPS) is 15.9. The molecule has 1 saturated heterocycles. The molecule has 1 radical (unpaired) electrons. The largest absolute Gasteiger partial charge is 0.650 e. The SMILES string of the molecule is Cc1cnc(-c2[c-]cc(F)cc2)c(C)n1.O=C(O)[C@@H]1CCC[N-]1.[Ir]. The Labute approximate surface area is 154 Å². The number of hydrogen-bond acceptors (Lipinski definition) is 3. The van der Waals surface area contributed by atoms with E-state index in [0.717, 1.165) is 42.0 Å². The van der Waals surface area contributed by atoms with Gasteiger partial charge in [0.05, 0.1) is 5.69 Å². The molecule has 1 aromatic carbocycles. The first-order chi connectivity index (χ1) is 11.0. The first-order valence-electron chi connectivity index (χ1n) is 7.34. The standard InChI is InChI=1S/C12H10FN2.C5H8NO2.Ir/c1-8-7-14-12(9(2)15-8)10-3-5-11(13)6-4-10;7-5(8)4-2-1-3-6-4;/h3,5-7H,1-2H3;4H,1-3H2,(H,7,8);/q2*-1;/t;4-;/m.0./s1. The molecular weight excluding hydrogens is 489 g/mol. The van der Waals surface area contributed by atoms with E-state index in [9.17, 15) is 9.18 Å². The van der Waals surface area contributed by atoms with E-state index in [-0.39, 0.29) is 25.9 Å². The number of aromatic nitrogens is 2. The molecule has 2 aromatic rings. The molecule has 1 aliphatic rings. The summed E-state index contributed by atoms with van der Waals surface area (Å²) >= 11 is 0. The van der Waals surface area contributed by atoms with E-state index in [1.165, 1.54) is 12.1 Å². The summed E-state index contributed by atoms with van der Waals surface area (Å²) in [7, 11) is 0. The number of hydrogen-bond donors (Lipinski definition) is 1. The molecule has 0 spiro atoms. The van der Waals surface area contributed by atoms with E-state index in [1.54, 1.807) is 12.3 Å². The second kappa shape index (κ2) is 9.57. The molecule has 1 N–H and O–H groups in total. The van der Waals surface area contributed by atoms with Crippen molar-refractivity contribution in [2.24, 2.45) is 0 Å². The number of aliphatic carboxylic acids is 1. The van der Waals surface area contributed by atoms with Crippen molar-refractivity contribution in [1.82, 2.24) is 9.97 Å². The summed E-state index contributed by atoms with van der Waals surface area (Å²) in [5, 5.41) is 12.2. The molecular formula is C17H18FIrN3O2-2. The maximum Gasteiger partial charge on any atom is 0.285 e. The average molecular weight is 508 g/mol. The molecule has 131 valence electrons. The molecule has 7 heteroatoms. The van der Waals surface area contributed by atoms with Crippen LogP contribution in [0.2, 0.25) is 0 Å². The summed E-state index contributed by atoms with van der Waals surface area (Å²) in [5.41, 5.74) is 3.22. The van der Waals surface area contributed by atoms with E-state index in [0.29, 0.717) is 0 Å². The molecule has 0 bridgehead atoms. The number of rotatable bonds is 2. The zero-order valence-corrected chi connectivity index (χ0v) is 15.8. The second-order valence-electron chi connectivity index (χ2n) is 5.27. The van der Waals surface area contributed by atoms with Crippen molar-refractivity contribution in [2.45, 2.75) is 32.7 Å². The van der Waals surface area contributed by atoms with Gasteiger partial charge in [0.15, 0.2) is 0 Å². The number of nitrogens with zero attached hydrogens (tertiary/aromatic N) is 3. The Morgan fingerprint density at radius 1 is 1.42 bits per heavy atom. The van der Waals surface area contributed by atoms with Crippen LogP contribution in [0.4, 0.5) is 4.39 Å². The predicted molar refractivity (Wildman–Crippen MR) is 84.6 cm³/mol. The van der Waals surface area contributed by atoms with Crippen LogP contribution in [0.25, 0.3) is 16.6 Å². The third-order valence-electron chi connectivity index (χ3n) is 3.37. The van der Waals surface area contributed by atoms with E-state index in [4.69, 9.17) is 5.11 Å². The summed E-state index contributed by atoms with van der Waals surface area (Å²) in [6.45, 7) is 4.50. The molecule has 3 rings (SSSR count). The van der Waals surface area contributed by atoms with Crippen LogP contribution in [0.1, 0.15) is 24.2 Å². The topological polar surface area (TPSA) is 77.2 Å². The first-order valence-corrected chi connectivity index (χ1v) is 7.34. The summed E-state index contributed by atoms with van der Waals surface area (Å²) in [5.74, 6) is -1.07. The van der Waals surface area contributed by atoms with Crippen molar-refractivity contribution >= 4 is 5.97 Å². The first kappa shape index (κ1) is 20.4. The van der Waals surface area contributed by atoms with Crippen molar-refractivity contribution in [2.75, 3.05) is 6.54 Å². The van der Waals surface area contributed by atoms with Gasteiger partial charge in [0, 0.05) is 43.5 Å². The Hall–Kier alpha value is -1.69. The molecule has 1 aliphatic heterocycles. The smallest absolute Gasteiger partial charge is 0.285 e. The predicted octanol–water partition coefficient (Wildman–Crippen LogP) is 3.30. The van der Waals surface area contributed by atoms with Gasteiger partial charge in [-0.05, 0) is 19.9 Å². The molecule has 0 unspecified atom stereocenters. The van der Waals surface area contributed by atoms with Gasteiger partial charge in [-0.15, -0.1) is 36.4 Å². The van der Waals surface area contributed by atoms with Gasteiger partial charge in [0.25, 0.3) is 5.97 Å². The van der Waals surface area contributed by atoms with Gasteiger partial charge in [-0.2, -0.15) is 0 Å². The quantitative estimate of drug-likeness (QED) is 0.633. The van der Waals surface area contributed by atoms with Crippen molar-refractivity contribution in [3.8, 4) is 11.3 Å². The van der Waals surface area contributed by atoms with E-state index < -0.39 is 12.0 Å². The van der Waals surface area contributed by atoms with Crippen LogP contribution in [-0.2, 0) is 24.9 Å². The summed E-state index contributed by atoms with van der Waals surface area (Å²) < 4.78 is 12.7. The molecule has 2 heterocycles. The Morgan fingerprint density at radius 2 is 2.17 bits per heavy atom. The molecule has 0 aliphatic carbocycles. The molecule has 1 atom stereocenters. The Morgan fingerprint density at radius 3 is 2.62 bits per heavy atom. The fraction of sp³-hybridized carbons (Fsp3) is 0.353. The van der Waals surface area contributed by atoms with Gasteiger partial charge < -0.3 is 15.4 Å².